The van der Waals surface area contributed by atoms with Gasteiger partial charge in [0, 0.05) is 25.2 Å². The Balaban J connectivity index is 1.61. The van der Waals surface area contributed by atoms with Crippen molar-refractivity contribution in [3.05, 3.63) is 29.0 Å². The number of urea groups is 1. The number of rotatable bonds is 3. The molecule has 24 heavy (non-hydrogen) atoms. The molecule has 0 unspecified atom stereocenters. The first-order valence-corrected chi connectivity index (χ1v) is 8.20. The highest BCUT2D eigenvalue weighted by molar-refractivity contribution is 6.31. The molecule has 8 heteroatoms. The zero-order chi connectivity index (χ0) is 17.3. The molecule has 7 nitrogen and oxygen atoms in total. The minimum atomic E-state index is -0.784. The first kappa shape index (κ1) is 16.6. The van der Waals surface area contributed by atoms with Crippen molar-refractivity contribution in [1.82, 2.24) is 19.8 Å². The molecule has 1 aromatic carbocycles. The number of likely N-dealkylation sites (tertiary alicyclic amines) is 1. The number of hydrogen-bond donors (Lipinski definition) is 2. The summed E-state index contributed by atoms with van der Waals surface area (Å²) >= 11 is 5.98. The number of hydrogen-bond acceptors (Lipinski definition) is 3. The first-order chi connectivity index (χ1) is 11.5. The number of aryl methyl sites for hydroxylation is 1. The Morgan fingerprint density at radius 1 is 1.38 bits per heavy atom. The van der Waals surface area contributed by atoms with Crippen molar-refractivity contribution in [3.63, 3.8) is 0 Å². The largest absolute Gasteiger partial charge is 0.481 e. The predicted molar refractivity (Wildman–Crippen MR) is 89.9 cm³/mol. The van der Waals surface area contributed by atoms with Crippen molar-refractivity contribution in [2.75, 3.05) is 13.1 Å². The maximum Gasteiger partial charge on any atom is 0.317 e. The Labute approximate surface area is 144 Å². The van der Waals surface area contributed by atoms with Gasteiger partial charge in [-0.25, -0.2) is 9.78 Å². The average Bonchev–Trinajstić information content (AvgIpc) is 2.88. The molecule has 1 aliphatic rings. The lowest BCUT2D eigenvalue weighted by molar-refractivity contribution is -0.143. The van der Waals surface area contributed by atoms with E-state index in [1.54, 1.807) is 17.0 Å². The summed E-state index contributed by atoms with van der Waals surface area (Å²) < 4.78 is 1.92. The number of aliphatic carboxylic acids is 1. The van der Waals surface area contributed by atoms with Gasteiger partial charge in [0.2, 0.25) is 0 Å². The fourth-order valence-corrected chi connectivity index (χ4v) is 3.14. The third kappa shape index (κ3) is 3.31. The van der Waals surface area contributed by atoms with E-state index in [4.69, 9.17) is 16.7 Å². The Morgan fingerprint density at radius 3 is 2.75 bits per heavy atom. The maximum atomic E-state index is 12.2. The molecule has 1 fully saturated rings. The number of carboxylic acids is 1. The Bertz CT molecular complexity index is 781. The molecule has 0 bridgehead atoms. The van der Waals surface area contributed by atoms with Crippen LogP contribution in [0.25, 0.3) is 11.0 Å². The van der Waals surface area contributed by atoms with Crippen LogP contribution in [0.4, 0.5) is 4.79 Å². The van der Waals surface area contributed by atoms with Crippen LogP contribution in [0.2, 0.25) is 5.02 Å². The second-order valence-electron chi connectivity index (χ2n) is 5.98. The van der Waals surface area contributed by atoms with E-state index >= 15 is 0 Å². The topological polar surface area (TPSA) is 87.5 Å². The van der Waals surface area contributed by atoms with Crippen LogP contribution in [-0.2, 0) is 18.4 Å². The smallest absolute Gasteiger partial charge is 0.317 e. The van der Waals surface area contributed by atoms with E-state index in [9.17, 15) is 9.59 Å². The van der Waals surface area contributed by atoms with Gasteiger partial charge in [-0.15, -0.1) is 0 Å². The Hall–Kier alpha value is -2.28. The number of carboxylic acid groups (broad SMARTS) is 1. The molecule has 128 valence electrons. The number of carbonyl (C=O) groups is 2. The number of piperidine rings is 1. The van der Waals surface area contributed by atoms with Crippen molar-refractivity contribution in [2.45, 2.75) is 19.4 Å². The molecule has 1 aromatic heterocycles. The molecule has 2 amide bonds. The summed E-state index contributed by atoms with van der Waals surface area (Å²) in [5, 5.41) is 12.5. The van der Waals surface area contributed by atoms with Crippen LogP contribution in [0.15, 0.2) is 18.2 Å². The van der Waals surface area contributed by atoms with Crippen molar-refractivity contribution < 1.29 is 14.7 Å². The molecule has 0 aliphatic carbocycles. The molecule has 0 radical (unpaired) electrons. The molecule has 2 N–H and O–H groups in total. The summed E-state index contributed by atoms with van der Waals surface area (Å²) in [6, 6.07) is 5.30. The molecule has 1 aliphatic heterocycles. The highest BCUT2D eigenvalue weighted by Gasteiger charge is 2.26. The van der Waals surface area contributed by atoms with Gasteiger partial charge in [-0.2, -0.15) is 0 Å². The molecular formula is C16H19ClN4O3. The van der Waals surface area contributed by atoms with Crippen molar-refractivity contribution in [1.29, 1.82) is 0 Å². The number of nitrogens with zero attached hydrogens (tertiary/aromatic N) is 3. The predicted octanol–water partition coefficient (Wildman–Crippen LogP) is 2.23. The number of imidazole rings is 1. The van der Waals surface area contributed by atoms with Gasteiger partial charge in [-0.1, -0.05) is 11.6 Å². The zero-order valence-corrected chi connectivity index (χ0v) is 14.1. The summed E-state index contributed by atoms with van der Waals surface area (Å²) in [6.07, 6.45) is 0.987. The van der Waals surface area contributed by atoms with Gasteiger partial charge in [-0.3, -0.25) is 4.79 Å². The summed E-state index contributed by atoms with van der Waals surface area (Å²) in [5.41, 5.74) is 1.74. The van der Waals surface area contributed by atoms with E-state index in [1.807, 2.05) is 17.7 Å². The number of aromatic nitrogens is 2. The monoisotopic (exact) mass is 350 g/mol. The molecule has 0 atom stereocenters. The van der Waals surface area contributed by atoms with E-state index < -0.39 is 5.97 Å². The fraction of sp³-hybridized carbons (Fsp3) is 0.438. The van der Waals surface area contributed by atoms with Crippen molar-refractivity contribution in [3.8, 4) is 0 Å². The third-order valence-corrected chi connectivity index (χ3v) is 4.70. The van der Waals surface area contributed by atoms with Crippen LogP contribution in [0, 0.1) is 5.92 Å². The molecule has 1 saturated heterocycles. The normalized spacial score (nSPS) is 15.7. The van der Waals surface area contributed by atoms with E-state index in [0.29, 0.717) is 37.5 Å². The molecule has 2 heterocycles. The lowest BCUT2D eigenvalue weighted by Gasteiger charge is -2.30. The van der Waals surface area contributed by atoms with Gasteiger partial charge >= 0.3 is 12.0 Å². The van der Waals surface area contributed by atoms with Crippen LogP contribution in [0.1, 0.15) is 18.7 Å². The van der Waals surface area contributed by atoms with E-state index in [-0.39, 0.29) is 11.9 Å². The highest BCUT2D eigenvalue weighted by atomic mass is 35.5. The van der Waals surface area contributed by atoms with E-state index in [2.05, 4.69) is 10.3 Å². The highest BCUT2D eigenvalue weighted by Crippen LogP contribution is 2.20. The van der Waals surface area contributed by atoms with Gasteiger partial charge in [0.25, 0.3) is 0 Å². The minimum absolute atomic E-state index is 0.191. The van der Waals surface area contributed by atoms with E-state index in [0.717, 1.165) is 16.9 Å². The lowest BCUT2D eigenvalue weighted by Crippen LogP contribution is -2.45. The second kappa shape index (κ2) is 6.68. The summed E-state index contributed by atoms with van der Waals surface area (Å²) in [6.45, 7) is 1.22. The quantitative estimate of drug-likeness (QED) is 0.888. The number of benzene rings is 1. The molecule has 2 aromatic rings. The third-order valence-electron chi connectivity index (χ3n) is 4.46. The zero-order valence-electron chi connectivity index (χ0n) is 13.3. The minimum Gasteiger partial charge on any atom is -0.481 e. The van der Waals surface area contributed by atoms with Crippen LogP contribution in [0.5, 0.6) is 0 Å². The molecule has 0 saturated carbocycles. The number of amides is 2. The van der Waals surface area contributed by atoms with Gasteiger partial charge in [0.1, 0.15) is 5.82 Å². The fourth-order valence-electron chi connectivity index (χ4n) is 2.98. The Kier molecular flexibility index (Phi) is 4.62. The maximum absolute atomic E-state index is 12.2. The van der Waals surface area contributed by atoms with Crippen LogP contribution < -0.4 is 5.32 Å². The average molecular weight is 351 g/mol. The molecular weight excluding hydrogens is 332 g/mol. The van der Waals surface area contributed by atoms with Gasteiger partial charge in [-0.05, 0) is 31.0 Å². The van der Waals surface area contributed by atoms with Gasteiger partial charge in [0.05, 0.1) is 23.5 Å². The van der Waals surface area contributed by atoms with Crippen LogP contribution >= 0.6 is 11.6 Å². The van der Waals surface area contributed by atoms with Crippen LogP contribution in [-0.4, -0.2) is 44.6 Å². The number of halogens is 1. The summed E-state index contributed by atoms with van der Waals surface area (Å²) in [4.78, 5) is 29.3. The number of carbonyl (C=O) groups excluding carboxylic acids is 1. The van der Waals surface area contributed by atoms with Crippen LogP contribution in [0.3, 0.4) is 0 Å². The van der Waals surface area contributed by atoms with Crippen molar-refractivity contribution in [2.24, 2.45) is 13.0 Å². The van der Waals surface area contributed by atoms with Gasteiger partial charge in [0.15, 0.2) is 0 Å². The first-order valence-electron chi connectivity index (χ1n) is 7.82. The standard InChI is InChI=1S/C16H19ClN4O3/c1-20-13-3-2-11(17)8-12(13)19-14(20)9-18-16(24)21-6-4-10(5-7-21)15(22)23/h2-3,8,10H,4-7,9H2,1H3,(H,18,24)(H,22,23). The SMILES string of the molecule is Cn1c(CNC(=O)N2CCC(C(=O)O)CC2)nc2cc(Cl)ccc21. The molecule has 0 spiro atoms. The van der Waals surface area contributed by atoms with Gasteiger partial charge < -0.3 is 19.9 Å². The Morgan fingerprint density at radius 2 is 2.08 bits per heavy atom. The number of nitrogens with one attached hydrogen (secondary N) is 1. The molecule has 3 rings (SSSR count). The van der Waals surface area contributed by atoms with E-state index in [1.165, 1.54) is 0 Å². The second-order valence-corrected chi connectivity index (χ2v) is 6.41. The lowest BCUT2D eigenvalue weighted by atomic mass is 9.97. The summed E-state index contributed by atoms with van der Waals surface area (Å²) in [7, 11) is 1.89. The summed E-state index contributed by atoms with van der Waals surface area (Å²) in [5.74, 6) is -0.395. The number of fused-ring (bicyclic) bond motifs is 1. The van der Waals surface area contributed by atoms with Crippen molar-refractivity contribution >= 4 is 34.6 Å².